The summed E-state index contributed by atoms with van der Waals surface area (Å²) in [5.74, 6) is 0.558. The largest absolute Gasteiger partial charge is 0.207 e. The van der Waals surface area contributed by atoms with E-state index < -0.39 is 0 Å². The van der Waals surface area contributed by atoms with Crippen molar-refractivity contribution in [2.75, 3.05) is 0 Å². The van der Waals surface area contributed by atoms with Crippen LogP contribution in [-0.4, -0.2) is 0 Å². The van der Waals surface area contributed by atoms with Gasteiger partial charge in [0.15, 0.2) is 0 Å². The molecule has 0 aromatic heterocycles. The highest BCUT2D eigenvalue weighted by molar-refractivity contribution is 5.26. The van der Waals surface area contributed by atoms with E-state index in [9.17, 15) is 8.78 Å². The number of halogens is 2. The molecule has 0 atom stereocenters. The van der Waals surface area contributed by atoms with Crippen LogP contribution in [0.1, 0.15) is 62.3 Å². The molecule has 2 aromatic carbocycles. The zero-order valence-electron chi connectivity index (χ0n) is 17.9. The van der Waals surface area contributed by atoms with Crippen LogP contribution >= 0.6 is 0 Å². The SMILES string of the molecule is C=CC.CCC(CC)CCc1cc(F)ccc1C.Cc1ccc(C)c(F)c1. The predicted octanol–water partition coefficient (Wildman–Crippen LogP) is 8.14. The highest BCUT2D eigenvalue weighted by Gasteiger charge is 2.06. The molecule has 2 rings (SSSR count). The van der Waals surface area contributed by atoms with E-state index >= 15 is 0 Å². The molecule has 0 fully saturated rings. The third-order valence-corrected chi connectivity index (χ3v) is 4.62. The summed E-state index contributed by atoms with van der Waals surface area (Å²) in [5.41, 5.74) is 4.06. The first-order chi connectivity index (χ1) is 12.8. The van der Waals surface area contributed by atoms with Crippen LogP contribution in [0.3, 0.4) is 0 Å². The number of hydrogen-bond donors (Lipinski definition) is 0. The first-order valence-corrected chi connectivity index (χ1v) is 9.83. The highest BCUT2D eigenvalue weighted by atomic mass is 19.1. The smallest absolute Gasteiger partial charge is 0.126 e. The summed E-state index contributed by atoms with van der Waals surface area (Å²) in [6.07, 6.45) is 6.39. The van der Waals surface area contributed by atoms with Crippen LogP contribution in [0.15, 0.2) is 49.1 Å². The molecule has 0 saturated carbocycles. The molecule has 0 amide bonds. The van der Waals surface area contributed by atoms with Crippen molar-refractivity contribution in [3.05, 3.63) is 82.9 Å². The minimum Gasteiger partial charge on any atom is -0.207 e. The summed E-state index contributed by atoms with van der Waals surface area (Å²) in [4.78, 5) is 0. The Morgan fingerprint density at radius 1 is 0.926 bits per heavy atom. The van der Waals surface area contributed by atoms with E-state index in [0.29, 0.717) is 5.56 Å². The molecule has 0 N–H and O–H groups in total. The summed E-state index contributed by atoms with van der Waals surface area (Å²) >= 11 is 0. The van der Waals surface area contributed by atoms with Crippen molar-refractivity contribution in [2.45, 2.75) is 67.2 Å². The standard InChI is InChI=1S/C14H21F.C8H9F.C3H6/c1-4-12(5-2)7-8-13-10-14(15)9-6-11(13)3;1-6-3-4-7(2)8(9)5-6;1-3-2/h6,9-10,12H,4-5,7-8H2,1-3H3;3-5H,1-2H3;3H,1H2,2H3. The molecule has 150 valence electrons. The number of allylic oxidation sites excluding steroid dienone is 1. The maximum absolute atomic E-state index is 13.0. The van der Waals surface area contributed by atoms with Gasteiger partial charge in [-0.15, -0.1) is 6.58 Å². The normalized spacial score (nSPS) is 9.81. The fourth-order valence-electron chi connectivity index (χ4n) is 2.66. The molecule has 0 spiro atoms. The zero-order valence-corrected chi connectivity index (χ0v) is 17.9. The van der Waals surface area contributed by atoms with Gasteiger partial charge in [-0.05, 0) is 86.9 Å². The molecule has 0 radical (unpaired) electrons. The number of benzene rings is 2. The van der Waals surface area contributed by atoms with E-state index in [1.165, 1.54) is 42.5 Å². The van der Waals surface area contributed by atoms with Gasteiger partial charge in [-0.25, -0.2) is 8.78 Å². The quantitative estimate of drug-likeness (QED) is 0.463. The van der Waals surface area contributed by atoms with Crippen LogP contribution in [0.4, 0.5) is 8.78 Å². The average Bonchev–Trinajstić information content (AvgIpc) is 2.63. The van der Waals surface area contributed by atoms with Gasteiger partial charge >= 0.3 is 0 Å². The van der Waals surface area contributed by atoms with Crippen molar-refractivity contribution in [2.24, 2.45) is 5.92 Å². The Kier molecular flexibility index (Phi) is 13.1. The Morgan fingerprint density at radius 2 is 1.48 bits per heavy atom. The van der Waals surface area contributed by atoms with Gasteiger partial charge in [0.25, 0.3) is 0 Å². The second-order valence-electron chi connectivity index (χ2n) is 6.95. The van der Waals surface area contributed by atoms with Gasteiger partial charge in [-0.2, -0.15) is 0 Å². The number of hydrogen-bond acceptors (Lipinski definition) is 0. The van der Waals surface area contributed by atoms with E-state index in [-0.39, 0.29) is 11.6 Å². The van der Waals surface area contributed by atoms with Crippen LogP contribution in [0.5, 0.6) is 0 Å². The zero-order chi connectivity index (χ0) is 20.8. The van der Waals surface area contributed by atoms with Crippen molar-refractivity contribution in [3.63, 3.8) is 0 Å². The maximum Gasteiger partial charge on any atom is 0.126 e. The van der Waals surface area contributed by atoms with E-state index in [2.05, 4.69) is 27.4 Å². The fourth-order valence-corrected chi connectivity index (χ4v) is 2.66. The summed E-state index contributed by atoms with van der Waals surface area (Å²) < 4.78 is 25.6. The Balaban J connectivity index is 0.000000477. The van der Waals surface area contributed by atoms with Gasteiger partial charge in [0.05, 0.1) is 0 Å². The van der Waals surface area contributed by atoms with Gasteiger partial charge in [0, 0.05) is 0 Å². The second-order valence-corrected chi connectivity index (χ2v) is 6.95. The lowest BCUT2D eigenvalue weighted by Crippen LogP contribution is -2.00. The monoisotopic (exact) mass is 374 g/mol. The minimum atomic E-state index is -0.116. The summed E-state index contributed by atoms with van der Waals surface area (Å²) in [5, 5.41) is 0. The van der Waals surface area contributed by atoms with Crippen LogP contribution in [0.2, 0.25) is 0 Å². The second kappa shape index (κ2) is 14.1. The Labute approximate surface area is 165 Å². The van der Waals surface area contributed by atoms with E-state index in [1.807, 2.05) is 26.0 Å². The number of rotatable bonds is 5. The third-order valence-electron chi connectivity index (χ3n) is 4.62. The van der Waals surface area contributed by atoms with Gasteiger partial charge in [-0.1, -0.05) is 51.0 Å². The Morgan fingerprint density at radius 3 is 1.96 bits per heavy atom. The maximum atomic E-state index is 13.0. The molecule has 0 heterocycles. The lowest BCUT2D eigenvalue weighted by Gasteiger charge is -2.13. The van der Waals surface area contributed by atoms with Crippen LogP contribution in [0, 0.1) is 38.3 Å². The molecule has 27 heavy (non-hydrogen) atoms. The Hall–Kier alpha value is -1.96. The molecular formula is C25H36F2. The van der Waals surface area contributed by atoms with Crippen molar-refractivity contribution >= 4 is 0 Å². The van der Waals surface area contributed by atoms with Gasteiger partial charge in [0.1, 0.15) is 11.6 Å². The van der Waals surface area contributed by atoms with Crippen molar-refractivity contribution in [1.82, 2.24) is 0 Å². The molecule has 0 aliphatic carbocycles. The molecule has 0 aliphatic rings. The summed E-state index contributed by atoms with van der Waals surface area (Å²) in [6, 6.07) is 10.3. The minimum absolute atomic E-state index is 0.111. The highest BCUT2D eigenvalue weighted by Crippen LogP contribution is 2.19. The van der Waals surface area contributed by atoms with Gasteiger partial charge in [0.2, 0.25) is 0 Å². The molecular weight excluding hydrogens is 338 g/mol. The molecule has 0 saturated heterocycles. The van der Waals surface area contributed by atoms with Crippen molar-refractivity contribution in [3.8, 4) is 0 Å². The summed E-state index contributed by atoms with van der Waals surface area (Å²) in [7, 11) is 0. The molecule has 2 aromatic rings. The topological polar surface area (TPSA) is 0 Å². The van der Waals surface area contributed by atoms with Crippen LogP contribution < -0.4 is 0 Å². The molecule has 0 unspecified atom stereocenters. The summed E-state index contributed by atoms with van der Waals surface area (Å²) in [6.45, 7) is 15.4. The van der Waals surface area contributed by atoms with Gasteiger partial charge < -0.3 is 0 Å². The molecule has 2 heteroatoms. The first-order valence-electron chi connectivity index (χ1n) is 9.83. The van der Waals surface area contributed by atoms with E-state index in [4.69, 9.17) is 0 Å². The van der Waals surface area contributed by atoms with Gasteiger partial charge in [-0.3, -0.25) is 0 Å². The molecule has 0 bridgehead atoms. The third kappa shape index (κ3) is 10.7. The van der Waals surface area contributed by atoms with Crippen LogP contribution in [0.25, 0.3) is 0 Å². The fraction of sp³-hybridized carbons (Fsp3) is 0.440. The lowest BCUT2D eigenvalue weighted by molar-refractivity contribution is 0.455. The average molecular weight is 375 g/mol. The van der Waals surface area contributed by atoms with Crippen LogP contribution in [-0.2, 0) is 6.42 Å². The van der Waals surface area contributed by atoms with Crippen molar-refractivity contribution < 1.29 is 8.78 Å². The lowest BCUT2D eigenvalue weighted by atomic mass is 9.93. The molecule has 0 nitrogen and oxygen atoms in total. The number of aryl methyl sites for hydroxylation is 4. The predicted molar refractivity (Wildman–Crippen MR) is 115 cm³/mol. The molecule has 0 aliphatic heterocycles. The van der Waals surface area contributed by atoms with E-state index in [0.717, 1.165) is 17.9 Å². The Bertz CT molecular complexity index is 670. The van der Waals surface area contributed by atoms with E-state index in [1.54, 1.807) is 25.1 Å². The van der Waals surface area contributed by atoms with Crippen molar-refractivity contribution in [1.29, 1.82) is 0 Å². The first kappa shape index (κ1) is 25.0.